The fourth-order valence-corrected chi connectivity index (χ4v) is 8.09. The molecule has 20 nitrogen and oxygen atoms in total. The van der Waals surface area contributed by atoms with Crippen LogP contribution >= 0.6 is 0 Å². The number of benzene rings is 5. The highest BCUT2D eigenvalue weighted by Crippen LogP contribution is 2.44. The van der Waals surface area contributed by atoms with Gasteiger partial charge in [0.15, 0.2) is 10.7 Å². The quantitative estimate of drug-likeness (QED) is 0.0303. The number of carbonyl (C=O) groups is 5. The Morgan fingerprint density at radius 2 is 1.24 bits per heavy atom. The molecular weight excluding hydrogens is 847 g/mol. The molecule has 21 heteroatoms. The molecule has 1 aliphatic heterocycles. The van der Waals surface area contributed by atoms with Gasteiger partial charge in [-0.05, 0) is 60.2 Å². The number of carboxylic acid groups (broad SMARTS) is 5. The number of aromatic carboxylic acids is 1. The van der Waals surface area contributed by atoms with Crippen molar-refractivity contribution in [3.05, 3.63) is 108 Å². The van der Waals surface area contributed by atoms with E-state index < -0.39 is 76.3 Å². The second-order valence-electron chi connectivity index (χ2n) is 13.6. The third kappa shape index (κ3) is 10.2. The van der Waals surface area contributed by atoms with Crippen LogP contribution in [0.15, 0.2) is 106 Å². The van der Waals surface area contributed by atoms with Crippen LogP contribution in [0, 0.1) is 5.41 Å². The molecule has 0 radical (unpaired) electrons. The van der Waals surface area contributed by atoms with Gasteiger partial charge in [0.2, 0.25) is 0 Å². The Kier molecular flexibility index (Phi) is 13.0. The third-order valence-electron chi connectivity index (χ3n) is 9.23. The summed E-state index contributed by atoms with van der Waals surface area (Å²) in [5.74, 6) is -7.10. The van der Waals surface area contributed by atoms with Crippen LogP contribution in [0.25, 0.3) is 33.4 Å². The monoisotopic (exact) mass is 883 g/mol. The van der Waals surface area contributed by atoms with Gasteiger partial charge < -0.3 is 55.0 Å². The molecule has 2 aliphatic rings. The second kappa shape index (κ2) is 18.5. The lowest BCUT2D eigenvalue weighted by Crippen LogP contribution is -2.35. The molecule has 0 aromatic heterocycles. The van der Waals surface area contributed by atoms with Gasteiger partial charge in [0.25, 0.3) is 10.0 Å². The molecule has 1 aliphatic carbocycles. The summed E-state index contributed by atoms with van der Waals surface area (Å²) in [4.78, 5) is 60.3. The molecule has 0 spiro atoms. The minimum absolute atomic E-state index is 0.0793. The lowest BCUT2D eigenvalue weighted by Gasteiger charge is -2.25. The van der Waals surface area contributed by atoms with E-state index in [2.05, 4.69) is 4.72 Å². The maximum absolute atomic E-state index is 14.4. The predicted molar refractivity (Wildman–Crippen MR) is 225 cm³/mol. The summed E-state index contributed by atoms with van der Waals surface area (Å²) in [6.07, 6.45) is 0. The molecule has 0 bridgehead atoms. The molecule has 0 fully saturated rings. The van der Waals surface area contributed by atoms with Crippen LogP contribution in [0.5, 0.6) is 11.5 Å². The number of hydrogen-bond donors (Lipinski definition) is 8. The van der Waals surface area contributed by atoms with Crippen molar-refractivity contribution in [2.45, 2.75) is 4.90 Å². The highest BCUT2D eigenvalue weighted by Gasteiger charge is 2.30. The SMILES string of the molecule is N=c1ccc2c(-c3ccccc3C(=O)O)c3ccc(N)cc3oc-2c1S(=O)(=O)Nc1ccc(N(CC(=O)O)CC(=O)O)c(OCCOc2ccccc2N(CC(=O)O)CC(=O)O)c1. The molecule has 4 aromatic rings. The van der Waals surface area contributed by atoms with E-state index in [0.717, 1.165) is 15.9 Å². The Morgan fingerprint density at radius 3 is 1.86 bits per heavy atom. The number of nitrogens with two attached hydrogens (primary N) is 1. The van der Waals surface area contributed by atoms with Crippen LogP contribution in [-0.4, -0.2) is 103 Å². The largest absolute Gasteiger partial charge is 0.488 e. The van der Waals surface area contributed by atoms with E-state index in [4.69, 9.17) is 25.0 Å². The Morgan fingerprint density at radius 1 is 0.667 bits per heavy atom. The van der Waals surface area contributed by atoms with Gasteiger partial charge in [-0.15, -0.1) is 0 Å². The zero-order valence-corrected chi connectivity index (χ0v) is 33.5. The van der Waals surface area contributed by atoms with Crippen molar-refractivity contribution in [3.63, 3.8) is 0 Å². The summed E-state index contributed by atoms with van der Waals surface area (Å²) < 4.78 is 49.1. The van der Waals surface area contributed by atoms with E-state index >= 15 is 0 Å². The summed E-state index contributed by atoms with van der Waals surface area (Å²) in [5.41, 5.74) is 6.82. The number of para-hydroxylation sites is 2. The topological polar surface area (TPSA) is 321 Å². The first kappa shape index (κ1) is 44.2. The number of nitrogens with one attached hydrogen (secondary N) is 2. The van der Waals surface area contributed by atoms with Gasteiger partial charge in [0, 0.05) is 34.3 Å². The molecule has 0 amide bonds. The molecule has 0 saturated carbocycles. The van der Waals surface area contributed by atoms with Gasteiger partial charge >= 0.3 is 29.8 Å². The molecule has 0 atom stereocenters. The van der Waals surface area contributed by atoms with Gasteiger partial charge in [-0.3, -0.25) is 29.3 Å². The Hall–Kier alpha value is -8.33. The number of sulfonamides is 1. The Labute approximate surface area is 356 Å². The van der Waals surface area contributed by atoms with Crippen molar-refractivity contribution >= 4 is 73.6 Å². The van der Waals surface area contributed by atoms with Gasteiger partial charge in [-0.2, -0.15) is 0 Å². The van der Waals surface area contributed by atoms with E-state index in [9.17, 15) is 57.9 Å². The second-order valence-corrected chi connectivity index (χ2v) is 15.3. The van der Waals surface area contributed by atoms with Crippen molar-refractivity contribution in [2.24, 2.45) is 0 Å². The fraction of sp³-hybridized carbons (Fsp3) is 0.143. The number of rotatable bonds is 20. The molecule has 0 saturated heterocycles. The van der Waals surface area contributed by atoms with Crippen molar-refractivity contribution in [2.75, 3.05) is 59.6 Å². The van der Waals surface area contributed by atoms with Crippen molar-refractivity contribution in [3.8, 4) is 33.9 Å². The zero-order chi connectivity index (χ0) is 45.6. The summed E-state index contributed by atoms with van der Waals surface area (Å²) in [6.45, 7) is -3.60. The number of fused-ring (bicyclic) bond motifs is 2. The average Bonchev–Trinajstić information content (AvgIpc) is 3.20. The van der Waals surface area contributed by atoms with E-state index in [1.54, 1.807) is 36.4 Å². The Bertz CT molecular complexity index is 2890. The molecule has 0 unspecified atom stereocenters. The highest BCUT2D eigenvalue weighted by molar-refractivity contribution is 7.92. The highest BCUT2D eigenvalue weighted by atomic mass is 32.2. The maximum Gasteiger partial charge on any atom is 0.336 e. The van der Waals surface area contributed by atoms with E-state index in [1.165, 1.54) is 54.6 Å². The summed E-state index contributed by atoms with van der Waals surface area (Å²) in [7, 11) is -4.80. The first-order chi connectivity index (χ1) is 29.9. The Balaban J connectivity index is 1.38. The van der Waals surface area contributed by atoms with Gasteiger partial charge in [0.05, 0.1) is 28.0 Å². The van der Waals surface area contributed by atoms with Crippen LogP contribution in [-0.2, 0) is 29.2 Å². The number of anilines is 4. The number of nitrogens with zero attached hydrogens (tertiary/aromatic N) is 2. The smallest absolute Gasteiger partial charge is 0.336 e. The number of aliphatic carboxylic acids is 4. The average molecular weight is 884 g/mol. The number of ether oxygens (including phenoxy) is 2. The lowest BCUT2D eigenvalue weighted by atomic mass is 9.90. The molecule has 6 rings (SSSR count). The summed E-state index contributed by atoms with van der Waals surface area (Å²) in [6, 6.07) is 22.9. The summed E-state index contributed by atoms with van der Waals surface area (Å²) in [5, 5.41) is 56.6. The normalized spacial score (nSPS) is 11.2. The fourth-order valence-electron chi connectivity index (χ4n) is 6.80. The molecule has 4 aromatic carbocycles. The predicted octanol–water partition coefficient (Wildman–Crippen LogP) is 4.17. The van der Waals surface area contributed by atoms with Crippen molar-refractivity contribution in [1.29, 1.82) is 5.41 Å². The first-order valence-electron chi connectivity index (χ1n) is 18.5. The number of carboxylic acids is 5. The van der Waals surface area contributed by atoms with Gasteiger partial charge in [0.1, 0.15) is 56.5 Å². The van der Waals surface area contributed by atoms with Crippen molar-refractivity contribution < 1.29 is 71.8 Å². The van der Waals surface area contributed by atoms with Gasteiger partial charge in [-0.25, -0.2) is 13.2 Å². The van der Waals surface area contributed by atoms with Gasteiger partial charge in [-0.1, -0.05) is 30.3 Å². The summed E-state index contributed by atoms with van der Waals surface area (Å²) >= 11 is 0. The molecular formula is C42H37N5O15S. The van der Waals surface area contributed by atoms with Crippen LogP contribution in [0.2, 0.25) is 0 Å². The minimum Gasteiger partial charge on any atom is -0.488 e. The van der Waals surface area contributed by atoms with Crippen LogP contribution in [0.4, 0.5) is 22.7 Å². The van der Waals surface area contributed by atoms with Crippen LogP contribution < -0.4 is 35.1 Å². The minimum atomic E-state index is -4.80. The van der Waals surface area contributed by atoms with E-state index in [0.29, 0.717) is 10.9 Å². The first-order valence-corrected chi connectivity index (χ1v) is 20.0. The number of nitrogen functional groups attached to an aromatic ring is 1. The van der Waals surface area contributed by atoms with Crippen molar-refractivity contribution in [1.82, 2.24) is 0 Å². The molecule has 1 heterocycles. The van der Waals surface area contributed by atoms with E-state index in [1.807, 2.05) is 0 Å². The molecule has 9 N–H and O–H groups in total. The maximum atomic E-state index is 14.4. The third-order valence-corrected chi connectivity index (χ3v) is 10.7. The van der Waals surface area contributed by atoms with Crippen LogP contribution in [0.3, 0.4) is 0 Å². The zero-order valence-electron chi connectivity index (χ0n) is 32.7. The van der Waals surface area contributed by atoms with E-state index in [-0.39, 0.29) is 75.5 Å². The standard InChI is InChI=1S/C42H37N5O15S/c43-23-9-11-27-33(17-23)62-40-28(39(27)25-5-1-2-6-26(25)42(56)57)12-13-29(44)41(40)63(58,59)45-24-10-14-31(47(21-37(52)53)22-38(54)55)34(18-24)61-16-15-60-32-8-4-3-7-30(32)46(19-35(48)49)20-36(50)51/h1-14,17-18,44-45H,15-16,19-22,43H2,(H,48,49)(H,50,51)(H,52,53)(H,54,55)(H,56,57). The number of hydrogen-bond acceptors (Lipinski definition) is 14. The molecule has 326 valence electrons. The molecule has 63 heavy (non-hydrogen) atoms. The van der Waals surface area contributed by atoms with Crippen LogP contribution in [0.1, 0.15) is 10.4 Å². The lowest BCUT2D eigenvalue weighted by molar-refractivity contribution is -0.138.